The van der Waals surface area contributed by atoms with Gasteiger partial charge in [-0.25, -0.2) is 13.8 Å². The van der Waals surface area contributed by atoms with Gasteiger partial charge >= 0.3 is 5.97 Å². The van der Waals surface area contributed by atoms with Gasteiger partial charge in [0.2, 0.25) is 10.0 Å². The second kappa shape index (κ2) is 9.38. The maximum absolute atomic E-state index is 12.9. The number of hydrogen-bond donors (Lipinski definition) is 1. The summed E-state index contributed by atoms with van der Waals surface area (Å²) in [7, 11) is -3.82. The second-order valence-electron chi connectivity index (χ2n) is 6.62. The van der Waals surface area contributed by atoms with Crippen LogP contribution in [0.1, 0.15) is 25.3 Å². The Hall–Kier alpha value is -2.75. The van der Waals surface area contributed by atoms with Crippen LogP contribution in [-0.2, 0) is 19.6 Å². The zero-order valence-electron chi connectivity index (χ0n) is 16.1. The summed E-state index contributed by atoms with van der Waals surface area (Å²) in [6, 6.07) is 11.5. The minimum atomic E-state index is -3.82. The van der Waals surface area contributed by atoms with Gasteiger partial charge in [-0.2, -0.15) is 9.41 Å². The van der Waals surface area contributed by atoms with Crippen molar-refractivity contribution in [3.63, 3.8) is 0 Å². The Morgan fingerprint density at radius 3 is 2.47 bits per heavy atom. The van der Waals surface area contributed by atoms with Gasteiger partial charge < -0.3 is 4.74 Å². The molecule has 0 aromatic heterocycles. The van der Waals surface area contributed by atoms with Crippen LogP contribution in [0.2, 0.25) is 5.02 Å². The molecule has 0 unspecified atom stereocenters. The third-order valence-corrected chi connectivity index (χ3v) is 6.63. The molecule has 0 bridgehead atoms. The van der Waals surface area contributed by atoms with Crippen LogP contribution in [0.3, 0.4) is 0 Å². The highest BCUT2D eigenvalue weighted by molar-refractivity contribution is 7.89. The van der Waals surface area contributed by atoms with Crippen LogP contribution in [0.5, 0.6) is 5.75 Å². The molecule has 0 aliphatic carbocycles. The lowest BCUT2D eigenvalue weighted by molar-refractivity contribution is -0.131. The quantitative estimate of drug-likeness (QED) is 0.316. The minimum Gasteiger partial charge on any atom is -0.427 e. The Kier molecular flexibility index (Phi) is 6.86. The molecule has 0 radical (unpaired) electrons. The van der Waals surface area contributed by atoms with Crippen molar-refractivity contribution in [1.82, 2.24) is 9.73 Å². The lowest BCUT2D eigenvalue weighted by Gasteiger charge is -2.22. The predicted molar refractivity (Wildman–Crippen MR) is 112 cm³/mol. The SMILES string of the molecule is CC(=O)Oc1ccc(/C=N\NC(=O)[C@H]2CCCN2S(=O)(=O)c2ccc(Cl)cc2)cc1. The summed E-state index contributed by atoms with van der Waals surface area (Å²) in [5.74, 6) is -0.520. The lowest BCUT2D eigenvalue weighted by Crippen LogP contribution is -2.44. The third kappa shape index (κ3) is 5.24. The van der Waals surface area contributed by atoms with Crippen molar-refractivity contribution in [1.29, 1.82) is 0 Å². The molecule has 3 rings (SSSR count). The van der Waals surface area contributed by atoms with Crippen molar-refractivity contribution in [3.8, 4) is 5.75 Å². The van der Waals surface area contributed by atoms with Gasteiger partial charge in [0, 0.05) is 18.5 Å². The predicted octanol–water partition coefficient (Wildman–Crippen LogP) is 2.57. The summed E-state index contributed by atoms with van der Waals surface area (Å²) < 4.78 is 31.9. The molecule has 10 heteroatoms. The number of carbonyl (C=O) groups is 2. The zero-order valence-corrected chi connectivity index (χ0v) is 17.7. The van der Waals surface area contributed by atoms with Gasteiger partial charge in [-0.1, -0.05) is 11.6 Å². The van der Waals surface area contributed by atoms with Crippen LogP contribution < -0.4 is 10.2 Å². The molecule has 1 heterocycles. The second-order valence-corrected chi connectivity index (χ2v) is 8.95. The molecule has 1 amide bonds. The van der Waals surface area contributed by atoms with Crippen molar-refractivity contribution < 1.29 is 22.7 Å². The summed E-state index contributed by atoms with van der Waals surface area (Å²) in [4.78, 5) is 23.6. The summed E-state index contributed by atoms with van der Waals surface area (Å²) in [6.45, 7) is 1.56. The van der Waals surface area contributed by atoms with E-state index in [1.807, 2.05) is 0 Å². The Morgan fingerprint density at radius 2 is 1.83 bits per heavy atom. The first-order valence-electron chi connectivity index (χ1n) is 9.16. The fourth-order valence-corrected chi connectivity index (χ4v) is 4.85. The maximum Gasteiger partial charge on any atom is 0.308 e. The van der Waals surface area contributed by atoms with E-state index in [0.29, 0.717) is 29.2 Å². The summed E-state index contributed by atoms with van der Waals surface area (Å²) in [5.41, 5.74) is 3.07. The summed E-state index contributed by atoms with van der Waals surface area (Å²) in [6.07, 6.45) is 2.40. The molecule has 1 aliphatic rings. The first-order valence-corrected chi connectivity index (χ1v) is 11.0. The van der Waals surface area contributed by atoms with Crippen molar-refractivity contribution in [3.05, 3.63) is 59.1 Å². The van der Waals surface area contributed by atoms with Gasteiger partial charge in [-0.15, -0.1) is 0 Å². The monoisotopic (exact) mass is 449 g/mol. The molecule has 1 aliphatic heterocycles. The van der Waals surface area contributed by atoms with Crippen molar-refractivity contribution in [2.24, 2.45) is 5.10 Å². The highest BCUT2D eigenvalue weighted by Gasteiger charge is 2.39. The number of hydrazone groups is 1. The molecule has 0 saturated carbocycles. The van der Waals surface area contributed by atoms with Crippen LogP contribution in [0, 0.1) is 0 Å². The largest absolute Gasteiger partial charge is 0.427 e. The number of benzene rings is 2. The molecule has 1 fully saturated rings. The molecule has 1 N–H and O–H groups in total. The highest BCUT2D eigenvalue weighted by atomic mass is 35.5. The molecular formula is C20H20ClN3O5S. The molecule has 8 nitrogen and oxygen atoms in total. The Labute approximate surface area is 179 Å². The summed E-state index contributed by atoms with van der Waals surface area (Å²) >= 11 is 5.83. The van der Waals surface area contributed by atoms with Crippen LogP contribution in [-0.4, -0.2) is 43.4 Å². The Balaban J connectivity index is 1.65. The lowest BCUT2D eigenvalue weighted by atomic mass is 10.2. The van der Waals surface area contributed by atoms with E-state index in [1.54, 1.807) is 24.3 Å². The van der Waals surface area contributed by atoms with Gasteiger partial charge in [0.1, 0.15) is 11.8 Å². The van der Waals surface area contributed by atoms with E-state index in [0.717, 1.165) is 0 Å². The number of halogens is 1. The fourth-order valence-electron chi connectivity index (χ4n) is 3.06. The highest BCUT2D eigenvalue weighted by Crippen LogP contribution is 2.27. The smallest absolute Gasteiger partial charge is 0.308 e. The van der Waals surface area contributed by atoms with Crippen molar-refractivity contribution in [2.75, 3.05) is 6.54 Å². The first-order chi connectivity index (χ1) is 14.3. The number of amides is 1. The Bertz CT molecular complexity index is 1050. The van der Waals surface area contributed by atoms with Crippen molar-refractivity contribution >= 4 is 39.7 Å². The van der Waals surface area contributed by atoms with E-state index in [1.165, 1.54) is 41.7 Å². The zero-order chi connectivity index (χ0) is 21.7. The van der Waals surface area contributed by atoms with Crippen LogP contribution in [0.15, 0.2) is 58.5 Å². The summed E-state index contributed by atoms with van der Waals surface area (Å²) in [5, 5.41) is 4.34. The van der Waals surface area contributed by atoms with E-state index >= 15 is 0 Å². The van der Waals surface area contributed by atoms with Gasteiger partial charge in [-0.3, -0.25) is 9.59 Å². The first kappa shape index (κ1) is 21.9. The molecule has 2 aromatic rings. The average Bonchev–Trinajstić information content (AvgIpc) is 3.20. The molecule has 158 valence electrons. The normalized spacial score (nSPS) is 17.2. The van der Waals surface area contributed by atoms with E-state index < -0.39 is 27.9 Å². The van der Waals surface area contributed by atoms with E-state index in [2.05, 4.69) is 10.5 Å². The van der Waals surface area contributed by atoms with E-state index in [9.17, 15) is 18.0 Å². The van der Waals surface area contributed by atoms with Gasteiger partial charge in [-0.05, 0) is 66.9 Å². The molecule has 2 aromatic carbocycles. The number of hydrogen-bond acceptors (Lipinski definition) is 6. The van der Waals surface area contributed by atoms with E-state index in [-0.39, 0.29) is 11.4 Å². The number of nitrogens with zero attached hydrogens (tertiary/aromatic N) is 2. The van der Waals surface area contributed by atoms with Crippen LogP contribution >= 0.6 is 11.6 Å². The van der Waals surface area contributed by atoms with Crippen LogP contribution in [0.4, 0.5) is 0 Å². The molecule has 0 spiro atoms. The van der Waals surface area contributed by atoms with Gasteiger partial charge in [0.15, 0.2) is 0 Å². The average molecular weight is 450 g/mol. The number of nitrogens with one attached hydrogen (secondary N) is 1. The third-order valence-electron chi connectivity index (χ3n) is 4.46. The molecule has 1 saturated heterocycles. The van der Waals surface area contributed by atoms with Crippen LogP contribution in [0.25, 0.3) is 0 Å². The van der Waals surface area contributed by atoms with Gasteiger partial charge in [0.05, 0.1) is 11.1 Å². The van der Waals surface area contributed by atoms with Crippen molar-refractivity contribution in [2.45, 2.75) is 30.7 Å². The molecular weight excluding hydrogens is 430 g/mol. The molecule has 30 heavy (non-hydrogen) atoms. The number of rotatable bonds is 6. The van der Waals surface area contributed by atoms with E-state index in [4.69, 9.17) is 16.3 Å². The molecule has 1 atom stereocenters. The maximum atomic E-state index is 12.9. The number of ether oxygens (including phenoxy) is 1. The van der Waals surface area contributed by atoms with Gasteiger partial charge in [0.25, 0.3) is 5.91 Å². The number of esters is 1. The standard InChI is InChI=1S/C20H20ClN3O5S/c1-14(25)29-17-8-4-15(5-9-17)13-22-23-20(26)19-3-2-12-24(19)30(27,28)18-10-6-16(21)7-11-18/h4-11,13,19H,2-3,12H2,1H3,(H,23,26)/b22-13-/t19-/m1/s1. The fraction of sp³-hybridized carbons (Fsp3) is 0.250. The number of sulfonamides is 1. The Morgan fingerprint density at radius 1 is 1.17 bits per heavy atom. The number of carbonyl (C=O) groups excluding carboxylic acids is 2. The topological polar surface area (TPSA) is 105 Å². The minimum absolute atomic E-state index is 0.0861.